The average Bonchev–Trinajstić information content (AvgIpc) is 2.47. The number of benzene rings is 1. The Morgan fingerprint density at radius 1 is 1.43 bits per heavy atom. The smallest absolute Gasteiger partial charge is 0.251 e. The topological polar surface area (TPSA) is 93.5 Å². The largest absolute Gasteiger partial charge is 0.370 e. The van der Waals surface area contributed by atoms with Gasteiger partial charge in [0.15, 0.2) is 5.96 Å². The van der Waals surface area contributed by atoms with Crippen LogP contribution in [0.4, 0.5) is 5.69 Å². The number of nitrogens with one attached hydrogen (secondary N) is 1. The average molecular weight is 190 g/mol. The predicted molar refractivity (Wildman–Crippen MR) is 53.1 cm³/mol. The van der Waals surface area contributed by atoms with Crippen LogP contribution in [-0.4, -0.2) is 11.9 Å². The van der Waals surface area contributed by atoms with Crippen molar-refractivity contribution >= 4 is 17.6 Å². The van der Waals surface area contributed by atoms with Gasteiger partial charge in [-0.2, -0.15) is 0 Å². The van der Waals surface area contributed by atoms with Crippen molar-refractivity contribution < 1.29 is 4.79 Å². The van der Waals surface area contributed by atoms with Crippen molar-refractivity contribution in [3.8, 4) is 0 Å². The third-order valence-corrected chi connectivity index (χ3v) is 2.04. The van der Waals surface area contributed by atoms with Gasteiger partial charge in [-0.05, 0) is 17.7 Å². The molecule has 5 N–H and O–H groups in total. The second-order valence-electron chi connectivity index (χ2n) is 3.06. The summed E-state index contributed by atoms with van der Waals surface area (Å²) in [5.74, 6) is -0.0870. The lowest BCUT2D eigenvalue weighted by atomic mass is 10.1. The predicted octanol–water partition coefficient (Wildman–Crippen LogP) is -0.165. The summed E-state index contributed by atoms with van der Waals surface area (Å²) in [7, 11) is 0. The zero-order valence-corrected chi connectivity index (χ0v) is 7.45. The normalized spacial score (nSPS) is 13.3. The zero-order valence-electron chi connectivity index (χ0n) is 7.45. The number of guanidine groups is 1. The number of nitrogens with two attached hydrogens (primary N) is 2. The Kier molecular flexibility index (Phi) is 1.85. The molecule has 0 unspecified atom stereocenters. The Morgan fingerprint density at radius 3 is 2.93 bits per heavy atom. The van der Waals surface area contributed by atoms with Gasteiger partial charge >= 0.3 is 0 Å². The summed E-state index contributed by atoms with van der Waals surface area (Å²) in [6.45, 7) is 0.580. The third-order valence-electron chi connectivity index (χ3n) is 2.04. The molecule has 1 aromatic rings. The van der Waals surface area contributed by atoms with Gasteiger partial charge in [-0.15, -0.1) is 0 Å². The van der Waals surface area contributed by atoms with Crippen LogP contribution in [0.25, 0.3) is 0 Å². The molecule has 0 aliphatic carbocycles. The summed E-state index contributed by atoms with van der Waals surface area (Å²) in [5.41, 5.74) is 12.7. The second kappa shape index (κ2) is 3.02. The third kappa shape index (κ3) is 1.39. The van der Waals surface area contributed by atoms with Crippen LogP contribution in [0.5, 0.6) is 0 Å². The highest BCUT2D eigenvalue weighted by Crippen LogP contribution is 2.21. The van der Waals surface area contributed by atoms with Crippen molar-refractivity contribution in [2.75, 3.05) is 0 Å². The van der Waals surface area contributed by atoms with Gasteiger partial charge in [-0.25, -0.2) is 4.99 Å². The fourth-order valence-electron chi connectivity index (χ4n) is 1.42. The Morgan fingerprint density at radius 2 is 2.21 bits per heavy atom. The van der Waals surface area contributed by atoms with Gasteiger partial charge in [0.2, 0.25) is 0 Å². The minimum absolute atomic E-state index is 0.0108. The molecule has 0 radical (unpaired) electrons. The molecule has 72 valence electrons. The van der Waals surface area contributed by atoms with Crippen molar-refractivity contribution in [3.63, 3.8) is 0 Å². The van der Waals surface area contributed by atoms with Crippen LogP contribution in [0.3, 0.4) is 0 Å². The Hall–Kier alpha value is -2.04. The van der Waals surface area contributed by atoms with E-state index >= 15 is 0 Å². The number of rotatable bonds is 1. The van der Waals surface area contributed by atoms with E-state index in [4.69, 9.17) is 11.5 Å². The van der Waals surface area contributed by atoms with Crippen LogP contribution in [0, 0.1) is 0 Å². The van der Waals surface area contributed by atoms with Crippen molar-refractivity contribution in [1.82, 2.24) is 5.32 Å². The molecule has 14 heavy (non-hydrogen) atoms. The number of hydrogen-bond donors (Lipinski definition) is 3. The second-order valence-corrected chi connectivity index (χ2v) is 3.06. The van der Waals surface area contributed by atoms with Crippen molar-refractivity contribution in [2.45, 2.75) is 6.54 Å². The molecule has 5 heteroatoms. The number of hydrogen-bond acceptors (Lipinski definition) is 2. The highest BCUT2D eigenvalue weighted by Gasteiger charge is 2.18. The highest BCUT2D eigenvalue weighted by molar-refractivity contribution is 5.99. The van der Waals surface area contributed by atoms with Gasteiger partial charge in [0.05, 0.1) is 5.69 Å². The van der Waals surface area contributed by atoms with Gasteiger partial charge < -0.3 is 16.8 Å². The molecule has 0 atom stereocenters. The number of fused-ring (bicyclic) bond motifs is 1. The fraction of sp³-hybridized carbons (Fsp3) is 0.111. The van der Waals surface area contributed by atoms with Crippen molar-refractivity contribution in [3.05, 3.63) is 29.3 Å². The molecule has 0 spiro atoms. The molecule has 0 aromatic heterocycles. The molecule has 1 aliphatic rings. The molecular weight excluding hydrogens is 180 g/mol. The van der Waals surface area contributed by atoms with Crippen molar-refractivity contribution in [2.24, 2.45) is 16.5 Å². The summed E-state index contributed by atoms with van der Waals surface area (Å²) in [6, 6.07) is 5.30. The Labute approximate surface area is 80.8 Å². The lowest BCUT2D eigenvalue weighted by molar-refractivity contribution is 0.0966. The van der Waals surface area contributed by atoms with Crippen LogP contribution in [0.2, 0.25) is 0 Å². The number of carbonyl (C=O) groups is 1. The summed E-state index contributed by atoms with van der Waals surface area (Å²) >= 11 is 0. The zero-order chi connectivity index (χ0) is 10.1. The van der Waals surface area contributed by atoms with E-state index < -0.39 is 0 Å². The molecule has 1 aliphatic heterocycles. The first-order valence-corrected chi connectivity index (χ1v) is 4.17. The van der Waals surface area contributed by atoms with E-state index in [-0.39, 0.29) is 11.9 Å². The fourth-order valence-corrected chi connectivity index (χ4v) is 1.42. The molecule has 2 rings (SSSR count). The maximum Gasteiger partial charge on any atom is 0.251 e. The first kappa shape index (κ1) is 8.55. The van der Waals surface area contributed by atoms with Crippen LogP contribution in [0.15, 0.2) is 23.2 Å². The maximum atomic E-state index is 11.3. The molecule has 0 fully saturated rings. The SMILES string of the molecule is NC(N)=Nc1ccc2c(c1)C(=O)NC2. The van der Waals surface area contributed by atoms with E-state index in [1.807, 2.05) is 6.07 Å². The molecule has 0 saturated carbocycles. The van der Waals surface area contributed by atoms with E-state index in [1.165, 1.54) is 0 Å². The van der Waals surface area contributed by atoms with Gasteiger partial charge in [0.1, 0.15) is 0 Å². The first-order chi connectivity index (χ1) is 6.66. The summed E-state index contributed by atoms with van der Waals surface area (Å²) < 4.78 is 0. The minimum Gasteiger partial charge on any atom is -0.370 e. The van der Waals surface area contributed by atoms with Crippen LogP contribution in [0.1, 0.15) is 15.9 Å². The van der Waals surface area contributed by atoms with E-state index in [0.29, 0.717) is 17.8 Å². The molecule has 1 amide bonds. The van der Waals surface area contributed by atoms with Gasteiger partial charge in [0.25, 0.3) is 5.91 Å². The van der Waals surface area contributed by atoms with E-state index in [2.05, 4.69) is 10.3 Å². The Balaban J connectivity index is 2.45. The van der Waals surface area contributed by atoms with Crippen molar-refractivity contribution in [1.29, 1.82) is 0 Å². The quantitative estimate of drug-likeness (QED) is 0.424. The number of nitrogens with zero attached hydrogens (tertiary/aromatic N) is 1. The summed E-state index contributed by atoms with van der Waals surface area (Å²) in [5, 5.41) is 2.72. The number of carbonyl (C=O) groups excluding carboxylic acids is 1. The van der Waals surface area contributed by atoms with Crippen LogP contribution >= 0.6 is 0 Å². The van der Waals surface area contributed by atoms with Crippen LogP contribution < -0.4 is 16.8 Å². The van der Waals surface area contributed by atoms with Gasteiger partial charge in [0, 0.05) is 12.1 Å². The molecular formula is C9H10N4O. The number of aliphatic imine (C=N–C) groups is 1. The standard InChI is InChI=1S/C9H10N4O/c10-9(11)13-6-2-1-5-4-12-8(14)7(5)3-6/h1-3H,4H2,(H,12,14)(H4,10,11,13). The highest BCUT2D eigenvalue weighted by atomic mass is 16.1. The monoisotopic (exact) mass is 190 g/mol. The summed E-state index contributed by atoms with van der Waals surface area (Å²) in [4.78, 5) is 15.1. The molecule has 1 heterocycles. The molecule has 1 aromatic carbocycles. The minimum atomic E-state index is -0.0763. The lowest BCUT2D eigenvalue weighted by Gasteiger charge is -1.98. The van der Waals surface area contributed by atoms with Gasteiger partial charge in [-0.3, -0.25) is 4.79 Å². The molecule has 5 nitrogen and oxygen atoms in total. The Bertz CT molecular complexity index is 421. The number of amides is 1. The molecule has 0 bridgehead atoms. The molecule has 0 saturated heterocycles. The van der Waals surface area contributed by atoms with Gasteiger partial charge in [-0.1, -0.05) is 6.07 Å². The lowest BCUT2D eigenvalue weighted by Crippen LogP contribution is -2.21. The van der Waals surface area contributed by atoms with E-state index in [0.717, 1.165) is 5.56 Å². The maximum absolute atomic E-state index is 11.3. The summed E-state index contributed by atoms with van der Waals surface area (Å²) in [6.07, 6.45) is 0. The van der Waals surface area contributed by atoms with Crippen LogP contribution in [-0.2, 0) is 6.54 Å². The van der Waals surface area contributed by atoms with E-state index in [1.54, 1.807) is 12.1 Å². The van der Waals surface area contributed by atoms with E-state index in [9.17, 15) is 4.79 Å². The first-order valence-electron chi connectivity index (χ1n) is 4.17.